The highest BCUT2D eigenvalue weighted by Gasteiger charge is 2.21. The van der Waals surface area contributed by atoms with Crippen LogP contribution in [0, 0.1) is 0 Å². The summed E-state index contributed by atoms with van der Waals surface area (Å²) in [5.41, 5.74) is 2.70. The van der Waals surface area contributed by atoms with Gasteiger partial charge >= 0.3 is 0 Å². The first-order chi connectivity index (χ1) is 6.79. The standard InChI is InChI=1S/C9H20N4S/c1-3-4-11-9(12-10)13-5-6-14-7-8(13)2/h8H,3-7,10H2,1-2H3,(H,11,12). The van der Waals surface area contributed by atoms with Crippen LogP contribution in [0.5, 0.6) is 0 Å². The lowest BCUT2D eigenvalue weighted by Gasteiger charge is -2.35. The summed E-state index contributed by atoms with van der Waals surface area (Å²) in [6, 6.07) is 0.528. The van der Waals surface area contributed by atoms with E-state index in [1.54, 1.807) is 0 Å². The second kappa shape index (κ2) is 6.14. The summed E-state index contributed by atoms with van der Waals surface area (Å²) in [5, 5.41) is 0. The average molecular weight is 216 g/mol. The molecule has 0 saturated carbocycles. The molecule has 1 aliphatic rings. The molecule has 0 amide bonds. The number of aliphatic imine (C=N–C) groups is 1. The van der Waals surface area contributed by atoms with Crippen molar-refractivity contribution in [1.82, 2.24) is 10.3 Å². The van der Waals surface area contributed by atoms with Gasteiger partial charge in [-0.3, -0.25) is 10.4 Å². The quantitative estimate of drug-likeness (QED) is 0.308. The number of hydrazine groups is 1. The minimum absolute atomic E-state index is 0.528. The molecule has 1 unspecified atom stereocenters. The smallest absolute Gasteiger partial charge is 0.208 e. The molecular weight excluding hydrogens is 196 g/mol. The van der Waals surface area contributed by atoms with Gasteiger partial charge in [0.2, 0.25) is 5.96 Å². The van der Waals surface area contributed by atoms with Crippen LogP contribution < -0.4 is 11.3 Å². The highest BCUT2D eigenvalue weighted by atomic mass is 32.2. The molecule has 3 N–H and O–H groups in total. The van der Waals surface area contributed by atoms with E-state index in [1.807, 2.05) is 11.8 Å². The van der Waals surface area contributed by atoms with E-state index in [0.717, 1.165) is 37.0 Å². The van der Waals surface area contributed by atoms with E-state index in [2.05, 4.69) is 29.2 Å². The third-order valence-corrected chi connectivity index (χ3v) is 3.44. The Balaban J connectivity index is 2.57. The summed E-state index contributed by atoms with van der Waals surface area (Å²) in [6.07, 6.45) is 1.06. The van der Waals surface area contributed by atoms with Crippen molar-refractivity contribution in [2.24, 2.45) is 10.8 Å². The molecule has 0 bridgehead atoms. The van der Waals surface area contributed by atoms with Crippen LogP contribution in [0.4, 0.5) is 0 Å². The lowest BCUT2D eigenvalue weighted by atomic mass is 10.3. The van der Waals surface area contributed by atoms with Gasteiger partial charge in [-0.1, -0.05) is 6.92 Å². The first kappa shape index (κ1) is 11.7. The number of nitrogens with one attached hydrogen (secondary N) is 1. The number of rotatable bonds is 2. The molecule has 1 heterocycles. The minimum atomic E-state index is 0.528. The van der Waals surface area contributed by atoms with Gasteiger partial charge in [-0.15, -0.1) is 0 Å². The Morgan fingerprint density at radius 1 is 1.71 bits per heavy atom. The van der Waals surface area contributed by atoms with E-state index in [4.69, 9.17) is 5.84 Å². The molecule has 0 spiro atoms. The van der Waals surface area contributed by atoms with Crippen molar-refractivity contribution in [3.05, 3.63) is 0 Å². The van der Waals surface area contributed by atoms with Gasteiger partial charge in [0.05, 0.1) is 0 Å². The fourth-order valence-corrected chi connectivity index (χ4v) is 2.49. The Morgan fingerprint density at radius 2 is 2.50 bits per heavy atom. The summed E-state index contributed by atoms with van der Waals surface area (Å²) >= 11 is 1.99. The van der Waals surface area contributed by atoms with Gasteiger partial charge in [-0.05, 0) is 13.3 Å². The molecule has 14 heavy (non-hydrogen) atoms. The van der Waals surface area contributed by atoms with Gasteiger partial charge in [0.25, 0.3) is 0 Å². The van der Waals surface area contributed by atoms with E-state index >= 15 is 0 Å². The van der Waals surface area contributed by atoms with Gasteiger partial charge < -0.3 is 4.90 Å². The van der Waals surface area contributed by atoms with Gasteiger partial charge in [0.15, 0.2) is 0 Å². The summed E-state index contributed by atoms with van der Waals surface area (Å²) in [4.78, 5) is 6.69. The maximum Gasteiger partial charge on any atom is 0.208 e. The zero-order chi connectivity index (χ0) is 10.4. The average Bonchev–Trinajstić information content (AvgIpc) is 2.21. The van der Waals surface area contributed by atoms with Crippen molar-refractivity contribution in [1.29, 1.82) is 0 Å². The highest BCUT2D eigenvalue weighted by Crippen LogP contribution is 2.15. The molecule has 1 rings (SSSR count). The second-order valence-corrected chi connectivity index (χ2v) is 4.62. The van der Waals surface area contributed by atoms with Crippen LogP contribution in [0.2, 0.25) is 0 Å². The molecule has 0 aromatic heterocycles. The van der Waals surface area contributed by atoms with Crippen molar-refractivity contribution >= 4 is 17.7 Å². The normalized spacial score (nSPS) is 23.8. The number of hydrogen-bond acceptors (Lipinski definition) is 3. The van der Waals surface area contributed by atoms with Crippen molar-refractivity contribution < 1.29 is 0 Å². The van der Waals surface area contributed by atoms with Crippen LogP contribution in [0.15, 0.2) is 4.99 Å². The molecule has 0 aromatic carbocycles. The van der Waals surface area contributed by atoms with E-state index in [-0.39, 0.29) is 0 Å². The van der Waals surface area contributed by atoms with E-state index < -0.39 is 0 Å². The molecule has 0 radical (unpaired) electrons. The molecule has 1 aliphatic heterocycles. The SMILES string of the molecule is CCCN=C(NN)N1CCSCC1C. The van der Waals surface area contributed by atoms with Crippen LogP contribution in [0.25, 0.3) is 0 Å². The van der Waals surface area contributed by atoms with Gasteiger partial charge in [-0.25, -0.2) is 5.84 Å². The number of thioether (sulfide) groups is 1. The van der Waals surface area contributed by atoms with E-state index in [9.17, 15) is 0 Å². The highest BCUT2D eigenvalue weighted by molar-refractivity contribution is 7.99. The zero-order valence-electron chi connectivity index (χ0n) is 8.99. The molecule has 5 heteroatoms. The molecule has 1 saturated heterocycles. The van der Waals surface area contributed by atoms with E-state index in [1.165, 1.54) is 0 Å². The van der Waals surface area contributed by atoms with Crippen molar-refractivity contribution in [2.75, 3.05) is 24.6 Å². The number of nitrogens with zero attached hydrogens (tertiary/aromatic N) is 2. The van der Waals surface area contributed by atoms with Crippen LogP contribution in [0.1, 0.15) is 20.3 Å². The Hall–Kier alpha value is -0.420. The lowest BCUT2D eigenvalue weighted by Crippen LogP contribution is -2.52. The molecule has 1 fully saturated rings. The Kier molecular flexibility index (Phi) is 5.11. The Morgan fingerprint density at radius 3 is 3.07 bits per heavy atom. The minimum Gasteiger partial charge on any atom is -0.338 e. The van der Waals surface area contributed by atoms with E-state index in [0.29, 0.717) is 6.04 Å². The largest absolute Gasteiger partial charge is 0.338 e. The second-order valence-electron chi connectivity index (χ2n) is 3.47. The Labute approximate surface area is 90.3 Å². The summed E-state index contributed by atoms with van der Waals surface area (Å²) in [5.74, 6) is 8.65. The summed E-state index contributed by atoms with van der Waals surface area (Å²) in [6.45, 7) is 6.21. The van der Waals surface area contributed by atoms with Crippen LogP contribution in [-0.2, 0) is 0 Å². The predicted octanol–water partition coefficient (Wildman–Crippen LogP) is 0.653. The van der Waals surface area contributed by atoms with Crippen molar-refractivity contribution in [3.63, 3.8) is 0 Å². The molecule has 0 aromatic rings. The monoisotopic (exact) mass is 216 g/mol. The first-order valence-electron chi connectivity index (χ1n) is 5.15. The third kappa shape index (κ3) is 3.06. The number of nitrogens with two attached hydrogens (primary N) is 1. The molecule has 82 valence electrons. The lowest BCUT2D eigenvalue weighted by molar-refractivity contribution is 0.351. The van der Waals surface area contributed by atoms with Gasteiger partial charge in [0.1, 0.15) is 0 Å². The molecule has 1 atom stereocenters. The predicted molar refractivity (Wildman–Crippen MR) is 63.4 cm³/mol. The fraction of sp³-hybridized carbons (Fsp3) is 0.889. The zero-order valence-corrected chi connectivity index (χ0v) is 9.81. The summed E-state index contributed by atoms with van der Waals surface area (Å²) in [7, 11) is 0. The van der Waals surface area contributed by atoms with Crippen LogP contribution in [0.3, 0.4) is 0 Å². The van der Waals surface area contributed by atoms with Crippen LogP contribution >= 0.6 is 11.8 Å². The maximum absolute atomic E-state index is 5.48. The van der Waals surface area contributed by atoms with Crippen molar-refractivity contribution in [2.45, 2.75) is 26.3 Å². The first-order valence-corrected chi connectivity index (χ1v) is 6.30. The Bertz CT molecular complexity index is 195. The number of hydrogen-bond donors (Lipinski definition) is 2. The van der Waals surface area contributed by atoms with Gasteiger partial charge in [0, 0.05) is 30.6 Å². The summed E-state index contributed by atoms with van der Waals surface area (Å²) < 4.78 is 0. The van der Waals surface area contributed by atoms with Crippen LogP contribution in [-0.4, -0.2) is 41.5 Å². The van der Waals surface area contributed by atoms with Crippen molar-refractivity contribution in [3.8, 4) is 0 Å². The van der Waals surface area contributed by atoms with Gasteiger partial charge in [-0.2, -0.15) is 11.8 Å². The maximum atomic E-state index is 5.48. The number of guanidine groups is 1. The topological polar surface area (TPSA) is 53.6 Å². The third-order valence-electron chi connectivity index (χ3n) is 2.25. The fourth-order valence-electron chi connectivity index (χ4n) is 1.48. The molecule has 4 nitrogen and oxygen atoms in total. The molecular formula is C9H20N4S. The molecule has 0 aliphatic carbocycles.